The summed E-state index contributed by atoms with van der Waals surface area (Å²) >= 11 is 0. The molecule has 0 amide bonds. The number of rotatable bonds is 10. The fourth-order valence-corrected chi connectivity index (χ4v) is 3.84. The first-order chi connectivity index (χ1) is 11.1. The van der Waals surface area contributed by atoms with Crippen LogP contribution in [0.5, 0.6) is 0 Å². The largest absolute Gasteiger partial charge is 0.347 e. The van der Waals surface area contributed by atoms with Gasteiger partial charge in [-0.3, -0.25) is 0 Å². The van der Waals surface area contributed by atoms with E-state index in [-0.39, 0.29) is 5.66 Å². The van der Waals surface area contributed by atoms with Crippen LogP contribution in [-0.4, -0.2) is 18.8 Å². The van der Waals surface area contributed by atoms with E-state index in [1.165, 1.54) is 75.8 Å². The highest BCUT2D eigenvalue weighted by atomic mass is 15.5. The quantitative estimate of drug-likeness (QED) is 0.473. The van der Waals surface area contributed by atoms with Crippen molar-refractivity contribution < 1.29 is 0 Å². The topological polar surface area (TPSA) is 6.48 Å². The standard InChI is InChI=1S/C21H36N2/c1-5-7-9-13-17-22-19-15-11-12-16-20(19)23(21(22,3)4)18-14-10-8-6-2/h11-12,15-16H,5-10,13-14,17-18H2,1-4H3. The first-order valence-corrected chi connectivity index (χ1v) is 9.77. The second kappa shape index (κ2) is 8.61. The summed E-state index contributed by atoms with van der Waals surface area (Å²) in [5, 5.41) is 0. The van der Waals surface area contributed by atoms with Crippen molar-refractivity contribution in [1.29, 1.82) is 0 Å². The average molecular weight is 317 g/mol. The van der Waals surface area contributed by atoms with Crippen molar-refractivity contribution in [3.05, 3.63) is 24.3 Å². The van der Waals surface area contributed by atoms with Crippen molar-refractivity contribution in [3.63, 3.8) is 0 Å². The summed E-state index contributed by atoms with van der Waals surface area (Å²) in [5.74, 6) is 0. The number of para-hydroxylation sites is 2. The molecular weight excluding hydrogens is 280 g/mol. The molecule has 2 heteroatoms. The molecule has 1 heterocycles. The van der Waals surface area contributed by atoms with Crippen molar-refractivity contribution in [3.8, 4) is 0 Å². The molecule has 1 aromatic rings. The Morgan fingerprint density at radius 2 is 1.13 bits per heavy atom. The smallest absolute Gasteiger partial charge is 0.107 e. The van der Waals surface area contributed by atoms with Crippen LogP contribution in [0.1, 0.15) is 79.1 Å². The van der Waals surface area contributed by atoms with Gasteiger partial charge < -0.3 is 9.80 Å². The van der Waals surface area contributed by atoms with E-state index in [2.05, 4.69) is 61.8 Å². The second-order valence-corrected chi connectivity index (χ2v) is 7.41. The van der Waals surface area contributed by atoms with Crippen LogP contribution < -0.4 is 9.80 Å². The minimum absolute atomic E-state index is 0.0993. The zero-order chi connectivity index (χ0) is 16.7. The second-order valence-electron chi connectivity index (χ2n) is 7.41. The first-order valence-electron chi connectivity index (χ1n) is 9.77. The molecule has 2 rings (SSSR count). The number of benzene rings is 1. The molecule has 0 bridgehead atoms. The number of fused-ring (bicyclic) bond motifs is 1. The Morgan fingerprint density at radius 1 is 0.696 bits per heavy atom. The fraction of sp³-hybridized carbons (Fsp3) is 0.714. The monoisotopic (exact) mass is 316 g/mol. The summed E-state index contributed by atoms with van der Waals surface area (Å²) in [5.41, 5.74) is 2.97. The SMILES string of the molecule is CCCCCCN1c2ccccc2N(CCCCCC)C1(C)C. The van der Waals surface area contributed by atoms with Gasteiger partial charge in [0.2, 0.25) is 0 Å². The zero-order valence-corrected chi connectivity index (χ0v) is 15.8. The van der Waals surface area contributed by atoms with E-state index in [9.17, 15) is 0 Å². The van der Waals surface area contributed by atoms with Crippen LogP contribution in [0.25, 0.3) is 0 Å². The highest BCUT2D eigenvalue weighted by Gasteiger charge is 2.41. The molecule has 0 aromatic heterocycles. The Hall–Kier alpha value is -1.18. The predicted octanol–water partition coefficient (Wildman–Crippen LogP) is 6.21. The molecule has 0 saturated carbocycles. The van der Waals surface area contributed by atoms with Gasteiger partial charge in [-0.2, -0.15) is 0 Å². The molecule has 130 valence electrons. The van der Waals surface area contributed by atoms with Crippen molar-refractivity contribution in [2.75, 3.05) is 22.9 Å². The summed E-state index contributed by atoms with van der Waals surface area (Å²) in [6.45, 7) is 11.7. The lowest BCUT2D eigenvalue weighted by Crippen LogP contribution is -2.53. The van der Waals surface area contributed by atoms with E-state index >= 15 is 0 Å². The van der Waals surface area contributed by atoms with E-state index in [4.69, 9.17) is 0 Å². The lowest BCUT2D eigenvalue weighted by Gasteiger charge is -2.41. The van der Waals surface area contributed by atoms with Crippen molar-refractivity contribution in [2.45, 2.75) is 84.7 Å². The van der Waals surface area contributed by atoms with E-state index < -0.39 is 0 Å². The molecule has 0 saturated heterocycles. The molecule has 1 aliphatic heterocycles. The van der Waals surface area contributed by atoms with Gasteiger partial charge in [0, 0.05) is 13.1 Å². The highest BCUT2D eigenvalue weighted by Crippen LogP contribution is 2.45. The van der Waals surface area contributed by atoms with Crippen LogP contribution in [-0.2, 0) is 0 Å². The van der Waals surface area contributed by atoms with Gasteiger partial charge in [-0.05, 0) is 38.8 Å². The molecule has 0 radical (unpaired) electrons. The Balaban J connectivity index is 2.07. The molecule has 0 spiro atoms. The summed E-state index contributed by atoms with van der Waals surface area (Å²) in [4.78, 5) is 5.27. The van der Waals surface area contributed by atoms with Crippen molar-refractivity contribution in [1.82, 2.24) is 0 Å². The Morgan fingerprint density at radius 3 is 1.52 bits per heavy atom. The normalized spacial score (nSPS) is 16.0. The minimum Gasteiger partial charge on any atom is -0.347 e. The highest BCUT2D eigenvalue weighted by molar-refractivity contribution is 5.79. The molecule has 0 fully saturated rings. The summed E-state index contributed by atoms with van der Waals surface area (Å²) in [6.07, 6.45) is 10.6. The van der Waals surface area contributed by atoms with Crippen molar-refractivity contribution >= 4 is 11.4 Å². The minimum atomic E-state index is 0.0993. The molecule has 0 N–H and O–H groups in total. The van der Waals surface area contributed by atoms with Gasteiger partial charge in [-0.25, -0.2) is 0 Å². The molecule has 0 atom stereocenters. The van der Waals surface area contributed by atoms with Crippen molar-refractivity contribution in [2.24, 2.45) is 0 Å². The van der Waals surface area contributed by atoms with E-state index in [0.29, 0.717) is 0 Å². The van der Waals surface area contributed by atoms with Gasteiger partial charge in [-0.15, -0.1) is 0 Å². The molecule has 23 heavy (non-hydrogen) atoms. The number of hydrogen-bond acceptors (Lipinski definition) is 2. The predicted molar refractivity (Wildman–Crippen MR) is 103 cm³/mol. The number of anilines is 2. The van der Waals surface area contributed by atoms with Gasteiger partial charge in [-0.1, -0.05) is 64.5 Å². The van der Waals surface area contributed by atoms with Crippen LogP contribution in [0.3, 0.4) is 0 Å². The third kappa shape index (κ3) is 4.22. The Labute approximate surface area is 143 Å². The molecular formula is C21H36N2. The summed E-state index contributed by atoms with van der Waals surface area (Å²) in [6, 6.07) is 9.00. The maximum absolute atomic E-state index is 2.64. The van der Waals surface area contributed by atoms with Gasteiger partial charge in [0.05, 0.1) is 11.4 Å². The van der Waals surface area contributed by atoms with Gasteiger partial charge >= 0.3 is 0 Å². The van der Waals surface area contributed by atoms with Gasteiger partial charge in [0.1, 0.15) is 5.66 Å². The van der Waals surface area contributed by atoms with E-state index in [1.807, 2.05) is 0 Å². The maximum Gasteiger partial charge on any atom is 0.107 e. The Kier molecular flexibility index (Phi) is 6.80. The maximum atomic E-state index is 2.64. The third-order valence-corrected chi connectivity index (χ3v) is 5.25. The van der Waals surface area contributed by atoms with E-state index in [1.54, 1.807) is 0 Å². The van der Waals surface area contributed by atoms with Gasteiger partial charge in [0.25, 0.3) is 0 Å². The van der Waals surface area contributed by atoms with Crippen LogP contribution in [0.4, 0.5) is 11.4 Å². The lowest BCUT2D eigenvalue weighted by molar-refractivity contribution is 0.438. The van der Waals surface area contributed by atoms with Crippen LogP contribution in [0.2, 0.25) is 0 Å². The van der Waals surface area contributed by atoms with Crippen LogP contribution in [0, 0.1) is 0 Å². The van der Waals surface area contributed by atoms with Gasteiger partial charge in [0.15, 0.2) is 0 Å². The molecule has 0 aliphatic carbocycles. The lowest BCUT2D eigenvalue weighted by atomic mass is 10.1. The Bertz CT molecular complexity index is 426. The van der Waals surface area contributed by atoms with Crippen LogP contribution >= 0.6 is 0 Å². The fourth-order valence-electron chi connectivity index (χ4n) is 3.84. The number of nitrogens with zero attached hydrogens (tertiary/aromatic N) is 2. The zero-order valence-electron chi connectivity index (χ0n) is 15.8. The molecule has 1 aromatic carbocycles. The molecule has 2 nitrogen and oxygen atoms in total. The molecule has 0 unspecified atom stereocenters. The summed E-state index contributed by atoms with van der Waals surface area (Å²) < 4.78 is 0. The first kappa shape index (κ1) is 18.2. The number of hydrogen-bond donors (Lipinski definition) is 0. The molecule has 1 aliphatic rings. The van der Waals surface area contributed by atoms with E-state index in [0.717, 1.165) is 0 Å². The average Bonchev–Trinajstić information content (AvgIpc) is 2.75. The third-order valence-electron chi connectivity index (χ3n) is 5.25. The summed E-state index contributed by atoms with van der Waals surface area (Å²) in [7, 11) is 0. The van der Waals surface area contributed by atoms with Crippen LogP contribution in [0.15, 0.2) is 24.3 Å². The number of unbranched alkanes of at least 4 members (excludes halogenated alkanes) is 6.